The maximum atomic E-state index is 12.5. The Balaban J connectivity index is 1.68. The first-order valence-corrected chi connectivity index (χ1v) is 9.37. The highest BCUT2D eigenvalue weighted by Crippen LogP contribution is 2.22. The van der Waals surface area contributed by atoms with Crippen LogP contribution < -0.4 is 25.0 Å². The molecule has 1 amide bonds. The minimum atomic E-state index is -0.302. The van der Waals surface area contributed by atoms with E-state index in [4.69, 9.17) is 14.2 Å². The second-order valence-electron chi connectivity index (χ2n) is 6.66. The number of nitrogens with one attached hydrogen (secondary N) is 1. The largest absolute Gasteiger partial charge is 0.497 e. The van der Waals surface area contributed by atoms with Crippen LogP contribution in [-0.2, 0) is 20.2 Å². The van der Waals surface area contributed by atoms with Crippen LogP contribution in [0.25, 0.3) is 0 Å². The number of carbonyl (C=O) groups excluding carboxylic acids is 1. The molecule has 30 heavy (non-hydrogen) atoms. The third kappa shape index (κ3) is 5.20. The number of benzene rings is 2. The van der Waals surface area contributed by atoms with Crippen LogP contribution in [0.3, 0.4) is 0 Å². The Morgan fingerprint density at radius 3 is 2.30 bits per heavy atom. The van der Waals surface area contributed by atoms with E-state index in [1.165, 1.54) is 20.3 Å². The summed E-state index contributed by atoms with van der Waals surface area (Å²) in [5, 5.41) is 2.81. The number of aromatic nitrogens is 1. The summed E-state index contributed by atoms with van der Waals surface area (Å²) in [6.45, 7) is 0.493. The van der Waals surface area contributed by atoms with E-state index < -0.39 is 0 Å². The summed E-state index contributed by atoms with van der Waals surface area (Å²) >= 11 is 0. The predicted molar refractivity (Wildman–Crippen MR) is 113 cm³/mol. The molecule has 0 bridgehead atoms. The SMILES string of the molecule is COc1cc(OC)cc(C(=O)NCc2cc(=O)c(OCc3ccccc3)cn2C)c1. The first-order chi connectivity index (χ1) is 14.5. The fourth-order valence-electron chi connectivity index (χ4n) is 2.88. The molecule has 0 saturated heterocycles. The van der Waals surface area contributed by atoms with Gasteiger partial charge in [-0.25, -0.2) is 0 Å². The van der Waals surface area contributed by atoms with Gasteiger partial charge in [-0.1, -0.05) is 30.3 Å². The Bertz CT molecular complexity index is 1050. The van der Waals surface area contributed by atoms with Gasteiger partial charge in [0.25, 0.3) is 5.91 Å². The van der Waals surface area contributed by atoms with Crippen LogP contribution in [0.2, 0.25) is 0 Å². The lowest BCUT2D eigenvalue weighted by Crippen LogP contribution is -2.26. The van der Waals surface area contributed by atoms with Crippen molar-refractivity contribution < 1.29 is 19.0 Å². The number of hydrogen-bond donors (Lipinski definition) is 1. The van der Waals surface area contributed by atoms with Crippen molar-refractivity contribution in [2.75, 3.05) is 14.2 Å². The summed E-state index contributed by atoms with van der Waals surface area (Å²) in [5.74, 6) is 0.997. The molecule has 2 aromatic carbocycles. The lowest BCUT2D eigenvalue weighted by Gasteiger charge is -2.13. The maximum Gasteiger partial charge on any atom is 0.251 e. The number of ether oxygens (including phenoxy) is 3. The fourth-order valence-corrected chi connectivity index (χ4v) is 2.88. The lowest BCUT2D eigenvalue weighted by atomic mass is 10.2. The average molecular weight is 408 g/mol. The van der Waals surface area contributed by atoms with Crippen LogP contribution in [0.5, 0.6) is 17.2 Å². The summed E-state index contributed by atoms with van der Waals surface area (Å²) in [6, 6.07) is 16.0. The average Bonchev–Trinajstić information content (AvgIpc) is 2.78. The van der Waals surface area contributed by atoms with Crippen molar-refractivity contribution in [3.8, 4) is 17.2 Å². The zero-order chi connectivity index (χ0) is 21.5. The maximum absolute atomic E-state index is 12.5. The molecule has 1 heterocycles. The van der Waals surface area contributed by atoms with Gasteiger partial charge in [0.15, 0.2) is 5.75 Å². The molecule has 1 N–H and O–H groups in total. The van der Waals surface area contributed by atoms with E-state index in [1.54, 1.807) is 36.0 Å². The third-order valence-corrected chi connectivity index (χ3v) is 4.59. The first-order valence-electron chi connectivity index (χ1n) is 9.37. The Morgan fingerprint density at radius 1 is 1.00 bits per heavy atom. The number of pyridine rings is 1. The number of methoxy groups -OCH3 is 2. The minimum Gasteiger partial charge on any atom is -0.497 e. The van der Waals surface area contributed by atoms with E-state index >= 15 is 0 Å². The molecule has 0 aliphatic rings. The van der Waals surface area contributed by atoms with Gasteiger partial charge in [0.05, 0.1) is 27.0 Å². The number of nitrogens with zero attached hydrogens (tertiary/aromatic N) is 1. The van der Waals surface area contributed by atoms with Gasteiger partial charge in [0.2, 0.25) is 5.43 Å². The molecule has 0 aliphatic carbocycles. The number of hydrogen-bond acceptors (Lipinski definition) is 5. The van der Waals surface area contributed by atoms with Crippen LogP contribution in [0.15, 0.2) is 65.6 Å². The highest BCUT2D eigenvalue weighted by Gasteiger charge is 2.12. The predicted octanol–water partition coefficient (Wildman–Crippen LogP) is 2.91. The zero-order valence-corrected chi connectivity index (χ0v) is 17.2. The van der Waals surface area contributed by atoms with E-state index in [2.05, 4.69) is 5.32 Å². The Morgan fingerprint density at radius 2 is 1.67 bits per heavy atom. The standard InChI is InChI=1S/C23H24N2O5/c1-25-14-22(30-15-16-7-5-4-6-8-16)21(26)11-18(25)13-24-23(27)17-9-19(28-2)12-20(10-17)29-3/h4-12,14H,13,15H2,1-3H3,(H,24,27). The summed E-state index contributed by atoms with van der Waals surface area (Å²) in [4.78, 5) is 25.0. The molecule has 3 rings (SSSR count). The van der Waals surface area contributed by atoms with Gasteiger partial charge in [0, 0.05) is 30.4 Å². The molecule has 0 radical (unpaired) electrons. The van der Waals surface area contributed by atoms with Crippen molar-refractivity contribution in [2.45, 2.75) is 13.2 Å². The topological polar surface area (TPSA) is 78.8 Å². The fraction of sp³-hybridized carbons (Fsp3) is 0.217. The van der Waals surface area contributed by atoms with E-state index in [1.807, 2.05) is 30.3 Å². The molecule has 0 unspecified atom stereocenters. The Labute approximate surface area is 174 Å². The smallest absolute Gasteiger partial charge is 0.251 e. The molecule has 3 aromatic rings. The van der Waals surface area contributed by atoms with Crippen molar-refractivity contribution in [3.63, 3.8) is 0 Å². The first kappa shape index (κ1) is 21.0. The van der Waals surface area contributed by atoms with Gasteiger partial charge < -0.3 is 24.1 Å². The molecule has 1 aromatic heterocycles. The Kier molecular flexibility index (Phi) is 6.75. The molecule has 7 nitrogen and oxygen atoms in total. The van der Waals surface area contributed by atoms with Crippen LogP contribution in [0, 0.1) is 0 Å². The second-order valence-corrected chi connectivity index (χ2v) is 6.66. The van der Waals surface area contributed by atoms with Crippen LogP contribution >= 0.6 is 0 Å². The summed E-state index contributed by atoms with van der Waals surface area (Å²) in [6.07, 6.45) is 1.63. The highest BCUT2D eigenvalue weighted by molar-refractivity contribution is 5.95. The monoisotopic (exact) mass is 408 g/mol. The number of carbonyl (C=O) groups is 1. The summed E-state index contributed by atoms with van der Waals surface area (Å²) in [5.41, 5.74) is 1.79. The van der Waals surface area contributed by atoms with Gasteiger partial charge in [0.1, 0.15) is 18.1 Å². The molecule has 156 valence electrons. The van der Waals surface area contributed by atoms with E-state index in [0.717, 1.165) is 5.56 Å². The van der Waals surface area contributed by atoms with Crippen molar-refractivity contribution in [3.05, 3.63) is 87.8 Å². The third-order valence-electron chi connectivity index (χ3n) is 4.59. The minimum absolute atomic E-state index is 0.184. The van der Waals surface area contributed by atoms with Gasteiger partial charge in [-0.3, -0.25) is 9.59 Å². The number of rotatable bonds is 8. The normalized spacial score (nSPS) is 10.4. The van der Waals surface area contributed by atoms with Crippen molar-refractivity contribution >= 4 is 5.91 Å². The van der Waals surface area contributed by atoms with E-state index in [9.17, 15) is 9.59 Å². The molecule has 0 fully saturated rings. The Hall–Kier alpha value is -3.74. The zero-order valence-electron chi connectivity index (χ0n) is 17.2. The summed E-state index contributed by atoms with van der Waals surface area (Å²) < 4.78 is 17.8. The van der Waals surface area contributed by atoms with Crippen molar-refractivity contribution in [1.82, 2.24) is 9.88 Å². The van der Waals surface area contributed by atoms with Gasteiger partial charge in [-0.15, -0.1) is 0 Å². The molecule has 0 spiro atoms. The van der Waals surface area contributed by atoms with Gasteiger partial charge >= 0.3 is 0 Å². The van der Waals surface area contributed by atoms with Crippen LogP contribution in [0.4, 0.5) is 0 Å². The van der Waals surface area contributed by atoms with Crippen LogP contribution in [-0.4, -0.2) is 24.7 Å². The quantitative estimate of drug-likeness (QED) is 0.620. The molecular formula is C23H24N2O5. The molecule has 7 heteroatoms. The number of aryl methyl sites for hydroxylation is 1. The molecular weight excluding hydrogens is 384 g/mol. The summed E-state index contributed by atoms with van der Waals surface area (Å²) in [7, 11) is 4.84. The van der Waals surface area contributed by atoms with E-state index in [-0.39, 0.29) is 23.6 Å². The van der Waals surface area contributed by atoms with Gasteiger partial charge in [-0.05, 0) is 17.7 Å². The van der Waals surface area contributed by atoms with E-state index in [0.29, 0.717) is 29.4 Å². The molecule has 0 saturated carbocycles. The molecule has 0 aliphatic heterocycles. The number of amides is 1. The van der Waals surface area contributed by atoms with Crippen molar-refractivity contribution in [2.24, 2.45) is 7.05 Å². The van der Waals surface area contributed by atoms with Crippen molar-refractivity contribution in [1.29, 1.82) is 0 Å². The van der Waals surface area contributed by atoms with Gasteiger partial charge in [-0.2, -0.15) is 0 Å². The highest BCUT2D eigenvalue weighted by atomic mass is 16.5. The molecule has 0 atom stereocenters. The lowest BCUT2D eigenvalue weighted by molar-refractivity contribution is 0.0949. The van der Waals surface area contributed by atoms with Crippen LogP contribution in [0.1, 0.15) is 21.6 Å². The second kappa shape index (κ2) is 9.65.